The Hall–Kier alpha value is -2.54. The lowest BCUT2D eigenvalue weighted by molar-refractivity contribution is 0.349. The summed E-state index contributed by atoms with van der Waals surface area (Å²) in [6, 6.07) is 5.32. The first-order chi connectivity index (χ1) is 11.7. The van der Waals surface area contributed by atoms with E-state index >= 15 is 0 Å². The fourth-order valence-electron chi connectivity index (χ4n) is 3.15. The van der Waals surface area contributed by atoms with Gasteiger partial charge in [0.1, 0.15) is 18.0 Å². The molecular weight excluding hydrogens is 307 g/mol. The Kier molecular flexibility index (Phi) is 3.86. The van der Waals surface area contributed by atoms with Gasteiger partial charge >= 0.3 is 0 Å². The smallest absolute Gasteiger partial charge is 0.163 e. The number of piperidine rings is 1. The average molecular weight is 326 g/mol. The van der Waals surface area contributed by atoms with Crippen LogP contribution in [0.3, 0.4) is 0 Å². The van der Waals surface area contributed by atoms with Crippen molar-refractivity contribution >= 4 is 22.5 Å². The highest BCUT2D eigenvalue weighted by molar-refractivity contribution is 5.88. The maximum atomic E-state index is 13.7. The minimum atomic E-state index is -0.240. The third kappa shape index (κ3) is 2.60. The molecule has 0 saturated carbocycles. The molecule has 0 bridgehead atoms. The van der Waals surface area contributed by atoms with Gasteiger partial charge in [-0.05, 0) is 45.0 Å². The summed E-state index contributed by atoms with van der Waals surface area (Å²) in [4.78, 5) is 8.73. The molecule has 1 saturated heterocycles. The first kappa shape index (κ1) is 15.0. The van der Waals surface area contributed by atoms with Crippen molar-refractivity contribution < 1.29 is 4.39 Å². The SMILES string of the molecule is Cc1c(F)cccc1Nc1ncnc2c1cnn2C1CCNCC1. The molecule has 2 aromatic heterocycles. The van der Waals surface area contributed by atoms with Crippen molar-refractivity contribution in [3.8, 4) is 0 Å². The van der Waals surface area contributed by atoms with Crippen LogP contribution in [0.4, 0.5) is 15.9 Å². The van der Waals surface area contributed by atoms with Gasteiger partial charge in [-0.25, -0.2) is 19.0 Å². The molecule has 0 unspecified atom stereocenters. The van der Waals surface area contributed by atoms with Gasteiger partial charge in [-0.3, -0.25) is 0 Å². The second-order valence-electron chi connectivity index (χ2n) is 6.07. The average Bonchev–Trinajstić information content (AvgIpc) is 3.05. The quantitative estimate of drug-likeness (QED) is 0.774. The summed E-state index contributed by atoms with van der Waals surface area (Å²) in [6.45, 7) is 3.73. The monoisotopic (exact) mass is 326 g/mol. The Morgan fingerprint density at radius 1 is 1.25 bits per heavy atom. The molecule has 0 spiro atoms. The van der Waals surface area contributed by atoms with Gasteiger partial charge in [-0.15, -0.1) is 0 Å². The molecule has 1 aliphatic rings. The molecule has 0 amide bonds. The van der Waals surface area contributed by atoms with Crippen molar-refractivity contribution in [3.05, 3.63) is 42.1 Å². The predicted molar refractivity (Wildman–Crippen MR) is 90.9 cm³/mol. The maximum absolute atomic E-state index is 13.7. The summed E-state index contributed by atoms with van der Waals surface area (Å²) in [5.41, 5.74) is 2.08. The van der Waals surface area contributed by atoms with E-state index in [2.05, 4.69) is 25.7 Å². The van der Waals surface area contributed by atoms with Crippen LogP contribution in [0.15, 0.2) is 30.7 Å². The minimum absolute atomic E-state index is 0.240. The summed E-state index contributed by atoms with van der Waals surface area (Å²) in [6.07, 6.45) is 5.38. The molecule has 6 nitrogen and oxygen atoms in total. The van der Waals surface area contributed by atoms with E-state index in [4.69, 9.17) is 0 Å². The van der Waals surface area contributed by atoms with Gasteiger partial charge in [-0.2, -0.15) is 5.10 Å². The zero-order valence-corrected chi connectivity index (χ0v) is 13.5. The maximum Gasteiger partial charge on any atom is 0.163 e. The van der Waals surface area contributed by atoms with E-state index in [-0.39, 0.29) is 5.82 Å². The van der Waals surface area contributed by atoms with Crippen LogP contribution in [0.2, 0.25) is 0 Å². The minimum Gasteiger partial charge on any atom is -0.339 e. The van der Waals surface area contributed by atoms with Crippen molar-refractivity contribution in [2.75, 3.05) is 18.4 Å². The van der Waals surface area contributed by atoms with E-state index in [1.807, 2.05) is 10.7 Å². The van der Waals surface area contributed by atoms with Gasteiger partial charge in [0.05, 0.1) is 17.6 Å². The number of hydrogen-bond donors (Lipinski definition) is 2. The van der Waals surface area contributed by atoms with E-state index in [1.165, 1.54) is 12.4 Å². The number of anilines is 2. The molecule has 1 aliphatic heterocycles. The number of aromatic nitrogens is 4. The van der Waals surface area contributed by atoms with Crippen molar-refractivity contribution in [2.45, 2.75) is 25.8 Å². The Morgan fingerprint density at radius 3 is 2.92 bits per heavy atom. The highest BCUT2D eigenvalue weighted by Crippen LogP contribution is 2.28. The topological polar surface area (TPSA) is 67.7 Å². The molecule has 1 aromatic carbocycles. The largest absolute Gasteiger partial charge is 0.339 e. The van der Waals surface area contributed by atoms with Crippen LogP contribution in [-0.2, 0) is 0 Å². The number of fused-ring (bicyclic) bond motifs is 1. The second-order valence-corrected chi connectivity index (χ2v) is 6.07. The normalized spacial score (nSPS) is 15.8. The molecular formula is C17H19FN6. The Bertz CT molecular complexity index is 869. The fraction of sp³-hybridized carbons (Fsp3) is 0.353. The summed E-state index contributed by atoms with van der Waals surface area (Å²) in [5, 5.41) is 12.0. The lowest BCUT2D eigenvalue weighted by atomic mass is 10.1. The summed E-state index contributed by atoms with van der Waals surface area (Å²) in [7, 11) is 0. The van der Waals surface area contributed by atoms with Crippen LogP contribution in [0, 0.1) is 12.7 Å². The molecule has 0 aliphatic carbocycles. The van der Waals surface area contributed by atoms with Gasteiger partial charge in [0, 0.05) is 11.3 Å². The molecule has 0 radical (unpaired) electrons. The summed E-state index contributed by atoms with van der Waals surface area (Å²) >= 11 is 0. The number of benzene rings is 1. The fourth-order valence-corrected chi connectivity index (χ4v) is 3.15. The van der Waals surface area contributed by atoms with Crippen LogP contribution in [0.5, 0.6) is 0 Å². The van der Waals surface area contributed by atoms with Crippen LogP contribution in [0.1, 0.15) is 24.4 Å². The lowest BCUT2D eigenvalue weighted by Gasteiger charge is -2.23. The van der Waals surface area contributed by atoms with Crippen LogP contribution >= 0.6 is 0 Å². The first-order valence-corrected chi connectivity index (χ1v) is 8.15. The van der Waals surface area contributed by atoms with Crippen molar-refractivity contribution in [3.63, 3.8) is 0 Å². The summed E-state index contributed by atoms with van der Waals surface area (Å²) in [5.74, 6) is 0.407. The predicted octanol–water partition coefficient (Wildman–Crippen LogP) is 2.94. The molecule has 7 heteroatoms. The number of rotatable bonds is 3. The molecule has 3 aromatic rings. The Morgan fingerprint density at radius 2 is 2.08 bits per heavy atom. The third-order valence-corrected chi connectivity index (χ3v) is 4.57. The van der Waals surface area contributed by atoms with E-state index in [0.29, 0.717) is 23.1 Å². The van der Waals surface area contributed by atoms with Crippen LogP contribution in [0.25, 0.3) is 11.0 Å². The lowest BCUT2D eigenvalue weighted by Crippen LogP contribution is -2.29. The molecule has 4 rings (SSSR count). The zero-order valence-electron chi connectivity index (χ0n) is 13.5. The van der Waals surface area contributed by atoms with Crippen LogP contribution in [-0.4, -0.2) is 32.8 Å². The highest BCUT2D eigenvalue weighted by atomic mass is 19.1. The number of nitrogens with one attached hydrogen (secondary N) is 2. The molecule has 124 valence electrons. The number of halogens is 1. The molecule has 0 atom stereocenters. The first-order valence-electron chi connectivity index (χ1n) is 8.15. The summed E-state index contributed by atoms with van der Waals surface area (Å²) < 4.78 is 15.7. The Labute approximate surface area is 139 Å². The zero-order chi connectivity index (χ0) is 16.5. The van der Waals surface area contributed by atoms with Crippen molar-refractivity contribution in [1.29, 1.82) is 0 Å². The van der Waals surface area contributed by atoms with E-state index in [0.717, 1.165) is 37.0 Å². The standard InChI is InChI=1S/C17H19FN6/c1-11-14(18)3-2-4-15(11)23-16-13-9-22-24(17(13)21-10-20-16)12-5-7-19-8-6-12/h2-4,9-10,12,19H,5-8H2,1H3,(H,20,21,23). The van der Waals surface area contributed by atoms with E-state index < -0.39 is 0 Å². The van der Waals surface area contributed by atoms with Gasteiger partial charge in [0.2, 0.25) is 0 Å². The van der Waals surface area contributed by atoms with E-state index in [9.17, 15) is 4.39 Å². The molecule has 24 heavy (non-hydrogen) atoms. The number of hydrogen-bond acceptors (Lipinski definition) is 5. The third-order valence-electron chi connectivity index (χ3n) is 4.57. The molecule has 3 heterocycles. The second kappa shape index (κ2) is 6.16. The van der Waals surface area contributed by atoms with Gasteiger partial charge < -0.3 is 10.6 Å². The van der Waals surface area contributed by atoms with Crippen LogP contribution < -0.4 is 10.6 Å². The van der Waals surface area contributed by atoms with E-state index in [1.54, 1.807) is 19.2 Å². The van der Waals surface area contributed by atoms with Crippen molar-refractivity contribution in [2.24, 2.45) is 0 Å². The van der Waals surface area contributed by atoms with Gasteiger partial charge in [0.25, 0.3) is 0 Å². The van der Waals surface area contributed by atoms with Gasteiger partial charge in [0.15, 0.2) is 5.65 Å². The number of nitrogens with zero attached hydrogens (tertiary/aromatic N) is 4. The molecule has 1 fully saturated rings. The highest BCUT2D eigenvalue weighted by Gasteiger charge is 2.20. The molecule has 2 N–H and O–H groups in total. The van der Waals surface area contributed by atoms with Crippen molar-refractivity contribution in [1.82, 2.24) is 25.1 Å². The van der Waals surface area contributed by atoms with Gasteiger partial charge in [-0.1, -0.05) is 6.07 Å². The Balaban J connectivity index is 1.72.